The Morgan fingerprint density at radius 3 is 2.50 bits per heavy atom. The summed E-state index contributed by atoms with van der Waals surface area (Å²) in [5.41, 5.74) is 6.05. The Hall–Kier alpha value is -3.65. The van der Waals surface area contributed by atoms with E-state index in [4.69, 9.17) is 10.5 Å². The van der Waals surface area contributed by atoms with Crippen molar-refractivity contribution in [2.24, 2.45) is 11.1 Å². The zero-order valence-electron chi connectivity index (χ0n) is 22.5. The second kappa shape index (κ2) is 11.4. The topological polar surface area (TPSA) is 107 Å². The Bertz CT molecular complexity index is 1280. The molecule has 8 nitrogen and oxygen atoms in total. The summed E-state index contributed by atoms with van der Waals surface area (Å²) in [6.07, 6.45) is 3.68. The lowest BCUT2D eigenvalue weighted by Gasteiger charge is -2.42. The van der Waals surface area contributed by atoms with Gasteiger partial charge in [0.05, 0.1) is 24.1 Å². The van der Waals surface area contributed by atoms with Gasteiger partial charge >= 0.3 is 5.97 Å². The van der Waals surface area contributed by atoms with Crippen LogP contribution in [0.2, 0.25) is 0 Å². The maximum absolute atomic E-state index is 14.0. The molecule has 0 radical (unpaired) electrons. The van der Waals surface area contributed by atoms with E-state index >= 15 is 0 Å². The number of carbonyl (C=O) groups is 3. The molecule has 0 unspecified atom stereocenters. The fourth-order valence-electron chi connectivity index (χ4n) is 5.22. The van der Waals surface area contributed by atoms with Crippen LogP contribution in [0.3, 0.4) is 0 Å². The number of para-hydroxylation sites is 1. The molecule has 1 aliphatic rings. The number of amides is 2. The van der Waals surface area contributed by atoms with Crippen LogP contribution in [-0.4, -0.2) is 58.5 Å². The van der Waals surface area contributed by atoms with E-state index in [1.807, 2.05) is 71.4 Å². The second-order valence-corrected chi connectivity index (χ2v) is 10.8. The summed E-state index contributed by atoms with van der Waals surface area (Å²) >= 11 is 0. The molecule has 3 N–H and O–H groups in total. The number of fused-ring (bicyclic) bond motifs is 1. The summed E-state index contributed by atoms with van der Waals surface area (Å²) < 4.78 is 7.49. The number of ether oxygens (including phenoxy) is 1. The van der Waals surface area contributed by atoms with Crippen LogP contribution in [0.1, 0.15) is 39.2 Å². The number of benzene rings is 2. The van der Waals surface area contributed by atoms with Gasteiger partial charge < -0.3 is 25.3 Å². The lowest BCUT2D eigenvalue weighted by Crippen LogP contribution is -2.60. The molecule has 0 bridgehead atoms. The van der Waals surface area contributed by atoms with Crippen LogP contribution in [-0.2, 0) is 32.1 Å². The maximum Gasteiger partial charge on any atom is 0.314 e. The van der Waals surface area contributed by atoms with Crippen LogP contribution < -0.4 is 11.1 Å². The van der Waals surface area contributed by atoms with Gasteiger partial charge in [-0.2, -0.15) is 0 Å². The summed E-state index contributed by atoms with van der Waals surface area (Å²) in [4.78, 5) is 42.0. The van der Waals surface area contributed by atoms with Crippen molar-refractivity contribution in [3.63, 3.8) is 0 Å². The third kappa shape index (κ3) is 6.07. The molecule has 2 aromatic carbocycles. The first-order valence-corrected chi connectivity index (χ1v) is 13.3. The van der Waals surface area contributed by atoms with Gasteiger partial charge in [-0.15, -0.1) is 0 Å². The summed E-state index contributed by atoms with van der Waals surface area (Å²) in [5, 5.41) is 3.94. The summed E-state index contributed by atoms with van der Waals surface area (Å²) in [7, 11) is 0. The molecule has 1 aromatic heterocycles. The van der Waals surface area contributed by atoms with E-state index in [1.165, 1.54) is 0 Å². The lowest BCUT2D eigenvalue weighted by atomic mass is 9.75. The number of carbonyl (C=O) groups excluding carboxylic acids is 3. The molecule has 2 heterocycles. The van der Waals surface area contributed by atoms with E-state index in [1.54, 1.807) is 25.7 Å². The highest BCUT2D eigenvalue weighted by Crippen LogP contribution is 2.36. The van der Waals surface area contributed by atoms with Gasteiger partial charge in [-0.3, -0.25) is 14.4 Å². The Kier molecular flexibility index (Phi) is 8.21. The predicted octanol–water partition coefficient (Wildman–Crippen LogP) is 3.28. The van der Waals surface area contributed by atoms with Crippen molar-refractivity contribution >= 4 is 28.7 Å². The van der Waals surface area contributed by atoms with Crippen LogP contribution in [0.5, 0.6) is 0 Å². The van der Waals surface area contributed by atoms with E-state index < -0.39 is 22.9 Å². The van der Waals surface area contributed by atoms with Gasteiger partial charge in [0.15, 0.2) is 0 Å². The molecule has 0 saturated carbocycles. The maximum atomic E-state index is 14.0. The molecule has 1 saturated heterocycles. The van der Waals surface area contributed by atoms with Gasteiger partial charge in [0.2, 0.25) is 11.8 Å². The van der Waals surface area contributed by atoms with Gasteiger partial charge in [-0.05, 0) is 63.1 Å². The van der Waals surface area contributed by atoms with Crippen LogP contribution in [0.25, 0.3) is 10.9 Å². The number of esters is 1. The summed E-state index contributed by atoms with van der Waals surface area (Å²) in [6, 6.07) is 18.8. The van der Waals surface area contributed by atoms with Gasteiger partial charge in [-0.1, -0.05) is 48.5 Å². The van der Waals surface area contributed by atoms with Crippen molar-refractivity contribution in [1.82, 2.24) is 14.8 Å². The van der Waals surface area contributed by atoms with Crippen molar-refractivity contribution in [2.45, 2.75) is 58.2 Å². The number of likely N-dealkylation sites (tertiary alicyclic amines) is 1. The number of nitrogens with two attached hydrogens (primary N) is 1. The Labute approximate surface area is 224 Å². The Morgan fingerprint density at radius 1 is 1.08 bits per heavy atom. The highest BCUT2D eigenvalue weighted by molar-refractivity contribution is 5.92. The molecule has 0 aliphatic carbocycles. The molecule has 8 heteroatoms. The second-order valence-electron chi connectivity index (χ2n) is 10.8. The summed E-state index contributed by atoms with van der Waals surface area (Å²) in [5.74, 6) is -0.937. The molecule has 1 fully saturated rings. The average molecular weight is 519 g/mol. The lowest BCUT2D eigenvalue weighted by molar-refractivity contribution is -0.161. The standard InChI is InChI=1S/C30H38N4O4/c1-4-38-28(37)30(19-22-11-6-5-7-12-22)16-10-17-34(21-30)26(35)24(32-27(36)29(2,3)31)20-33-18-15-23-13-8-9-14-25(23)33/h5-9,11-15,18,24H,4,10,16-17,19-21,31H2,1-3H3,(H,32,36)/t24-,30+/m1/s1. The number of aromatic nitrogens is 1. The van der Waals surface area contributed by atoms with Gasteiger partial charge in [-0.25, -0.2) is 0 Å². The normalized spacial score (nSPS) is 18.7. The molecular formula is C30H38N4O4. The van der Waals surface area contributed by atoms with E-state index in [0.717, 1.165) is 16.5 Å². The van der Waals surface area contributed by atoms with E-state index in [9.17, 15) is 14.4 Å². The molecule has 2 atom stereocenters. The fraction of sp³-hybridized carbons (Fsp3) is 0.433. The van der Waals surface area contributed by atoms with Crippen LogP contribution >= 0.6 is 0 Å². The molecule has 202 valence electrons. The number of rotatable bonds is 9. The monoisotopic (exact) mass is 518 g/mol. The summed E-state index contributed by atoms with van der Waals surface area (Å²) in [6.45, 7) is 6.26. The van der Waals surface area contributed by atoms with Crippen molar-refractivity contribution < 1.29 is 19.1 Å². The number of hydrogen-bond donors (Lipinski definition) is 2. The van der Waals surface area contributed by atoms with E-state index in [2.05, 4.69) is 5.32 Å². The number of piperidine rings is 1. The van der Waals surface area contributed by atoms with Gasteiger partial charge in [0.25, 0.3) is 0 Å². The SMILES string of the molecule is CCOC(=O)[C@]1(Cc2ccccc2)CCCN(C(=O)[C@@H](Cn2ccc3ccccc32)NC(=O)C(C)(C)N)C1. The minimum absolute atomic E-state index is 0.227. The minimum Gasteiger partial charge on any atom is -0.466 e. The average Bonchev–Trinajstić information content (AvgIpc) is 3.31. The highest BCUT2D eigenvalue weighted by Gasteiger charge is 2.46. The fourth-order valence-corrected chi connectivity index (χ4v) is 5.22. The van der Waals surface area contributed by atoms with Gasteiger partial charge in [0.1, 0.15) is 6.04 Å². The molecule has 4 rings (SSSR count). The number of nitrogens with zero attached hydrogens (tertiary/aromatic N) is 2. The van der Waals surface area contributed by atoms with Crippen LogP contribution in [0.15, 0.2) is 66.9 Å². The highest BCUT2D eigenvalue weighted by atomic mass is 16.5. The Balaban J connectivity index is 1.63. The third-order valence-corrected chi connectivity index (χ3v) is 7.23. The molecule has 2 amide bonds. The van der Waals surface area contributed by atoms with Crippen LogP contribution in [0.4, 0.5) is 0 Å². The van der Waals surface area contributed by atoms with Gasteiger partial charge in [0, 0.05) is 24.8 Å². The molecule has 1 aliphatic heterocycles. The molecular weight excluding hydrogens is 480 g/mol. The van der Waals surface area contributed by atoms with Crippen molar-refractivity contribution in [3.8, 4) is 0 Å². The molecule has 3 aromatic rings. The minimum atomic E-state index is -1.15. The zero-order chi connectivity index (χ0) is 27.3. The van der Waals surface area contributed by atoms with E-state index in [-0.39, 0.29) is 31.6 Å². The quantitative estimate of drug-likeness (QED) is 0.423. The first kappa shape index (κ1) is 27.4. The van der Waals surface area contributed by atoms with E-state index in [0.29, 0.717) is 25.8 Å². The van der Waals surface area contributed by atoms with Crippen molar-refractivity contribution in [1.29, 1.82) is 0 Å². The van der Waals surface area contributed by atoms with Crippen molar-refractivity contribution in [3.05, 3.63) is 72.4 Å². The Morgan fingerprint density at radius 2 is 1.79 bits per heavy atom. The third-order valence-electron chi connectivity index (χ3n) is 7.23. The smallest absolute Gasteiger partial charge is 0.314 e. The predicted molar refractivity (Wildman–Crippen MR) is 147 cm³/mol. The first-order chi connectivity index (χ1) is 18.1. The number of hydrogen-bond acceptors (Lipinski definition) is 5. The first-order valence-electron chi connectivity index (χ1n) is 13.3. The molecule has 0 spiro atoms. The van der Waals surface area contributed by atoms with Crippen LogP contribution in [0, 0.1) is 5.41 Å². The number of nitrogens with one attached hydrogen (secondary N) is 1. The largest absolute Gasteiger partial charge is 0.466 e. The molecule has 38 heavy (non-hydrogen) atoms. The van der Waals surface area contributed by atoms with Crippen molar-refractivity contribution in [2.75, 3.05) is 19.7 Å². The zero-order valence-corrected chi connectivity index (χ0v) is 22.5.